The maximum atomic E-state index is 12.2. The molecule has 1 saturated heterocycles. The van der Waals surface area contributed by atoms with E-state index >= 15 is 0 Å². The monoisotopic (exact) mass is 403 g/mol. The van der Waals surface area contributed by atoms with Crippen LogP contribution in [0, 0.1) is 10.1 Å². The van der Waals surface area contributed by atoms with Gasteiger partial charge in [-0.2, -0.15) is 0 Å². The largest absolute Gasteiger partial charge is 0.378 e. The van der Waals surface area contributed by atoms with Crippen molar-refractivity contribution in [2.75, 3.05) is 37.7 Å². The number of anilines is 1. The van der Waals surface area contributed by atoms with E-state index in [1.54, 1.807) is 0 Å². The summed E-state index contributed by atoms with van der Waals surface area (Å²) in [4.78, 5) is 24.8. The van der Waals surface area contributed by atoms with Crippen molar-refractivity contribution in [2.45, 2.75) is 12.8 Å². The SMILES string of the molecule is O=C(NCCCc1ccc(N2CCOCC2)cc1)c1cc([N+](=O)[O-])ccc1Cl. The third kappa shape index (κ3) is 5.21. The normalized spacial score (nSPS) is 14.0. The summed E-state index contributed by atoms with van der Waals surface area (Å²) in [6.45, 7) is 3.80. The molecule has 7 nitrogen and oxygen atoms in total. The van der Waals surface area contributed by atoms with Gasteiger partial charge < -0.3 is 15.0 Å². The highest BCUT2D eigenvalue weighted by molar-refractivity contribution is 6.33. The van der Waals surface area contributed by atoms with Crippen LogP contribution in [0.4, 0.5) is 11.4 Å². The molecule has 1 heterocycles. The number of non-ortho nitro benzene ring substituents is 1. The van der Waals surface area contributed by atoms with Gasteiger partial charge in [-0.05, 0) is 36.6 Å². The van der Waals surface area contributed by atoms with Crippen molar-refractivity contribution in [3.05, 3.63) is 68.7 Å². The van der Waals surface area contributed by atoms with E-state index in [1.807, 2.05) is 0 Å². The van der Waals surface area contributed by atoms with Crippen molar-refractivity contribution < 1.29 is 14.5 Å². The molecule has 0 radical (unpaired) electrons. The second kappa shape index (κ2) is 9.52. The summed E-state index contributed by atoms with van der Waals surface area (Å²) in [5.74, 6) is -0.406. The number of ether oxygens (including phenoxy) is 1. The van der Waals surface area contributed by atoms with Crippen molar-refractivity contribution in [2.24, 2.45) is 0 Å². The summed E-state index contributed by atoms with van der Waals surface area (Å²) >= 11 is 5.99. The van der Waals surface area contributed by atoms with Gasteiger partial charge in [-0.1, -0.05) is 23.7 Å². The minimum Gasteiger partial charge on any atom is -0.378 e. The quantitative estimate of drug-likeness (QED) is 0.435. The van der Waals surface area contributed by atoms with Crippen LogP contribution in [-0.2, 0) is 11.2 Å². The van der Waals surface area contributed by atoms with Gasteiger partial charge in [-0.25, -0.2) is 0 Å². The fourth-order valence-corrected chi connectivity index (χ4v) is 3.29. The second-order valence-corrected chi connectivity index (χ2v) is 6.95. The molecule has 1 aliphatic rings. The fraction of sp³-hybridized carbons (Fsp3) is 0.350. The second-order valence-electron chi connectivity index (χ2n) is 6.55. The highest BCUT2D eigenvalue weighted by Gasteiger charge is 2.15. The lowest BCUT2D eigenvalue weighted by atomic mass is 10.1. The molecule has 2 aromatic rings. The van der Waals surface area contributed by atoms with Crippen molar-refractivity contribution in [3.8, 4) is 0 Å². The topological polar surface area (TPSA) is 84.7 Å². The first-order valence-electron chi connectivity index (χ1n) is 9.18. The zero-order valence-electron chi connectivity index (χ0n) is 15.4. The smallest absolute Gasteiger partial charge is 0.270 e. The number of hydrogen-bond donors (Lipinski definition) is 1. The fourth-order valence-electron chi connectivity index (χ4n) is 3.09. The van der Waals surface area contributed by atoms with E-state index in [9.17, 15) is 14.9 Å². The molecule has 3 rings (SSSR count). The number of amides is 1. The summed E-state index contributed by atoms with van der Waals surface area (Å²) in [7, 11) is 0. The standard InChI is InChI=1S/C20H22ClN3O4/c21-19-8-7-17(24(26)27)14-18(19)20(25)22-9-1-2-15-3-5-16(6-4-15)23-10-12-28-13-11-23/h3-8,14H,1-2,9-13H2,(H,22,25). The minimum absolute atomic E-state index is 0.116. The van der Waals surface area contributed by atoms with Crippen LogP contribution in [0.5, 0.6) is 0 Å². The Hall–Kier alpha value is -2.64. The van der Waals surface area contributed by atoms with E-state index in [0.29, 0.717) is 6.54 Å². The summed E-state index contributed by atoms with van der Waals surface area (Å²) < 4.78 is 5.37. The molecule has 0 bridgehead atoms. The number of nitro benzene ring substituents is 1. The van der Waals surface area contributed by atoms with Gasteiger partial charge >= 0.3 is 0 Å². The van der Waals surface area contributed by atoms with Crippen LogP contribution >= 0.6 is 11.6 Å². The Morgan fingerprint density at radius 1 is 1.18 bits per heavy atom. The Balaban J connectivity index is 1.47. The number of benzene rings is 2. The third-order valence-electron chi connectivity index (χ3n) is 4.65. The number of nitro groups is 1. The Bertz CT molecular complexity index is 836. The molecule has 0 atom stereocenters. The number of halogens is 1. The zero-order chi connectivity index (χ0) is 19.9. The lowest BCUT2D eigenvalue weighted by molar-refractivity contribution is -0.384. The summed E-state index contributed by atoms with van der Waals surface area (Å²) in [5, 5.41) is 13.8. The van der Waals surface area contributed by atoms with E-state index < -0.39 is 10.8 Å². The Morgan fingerprint density at radius 3 is 2.57 bits per heavy atom. The van der Waals surface area contributed by atoms with E-state index in [4.69, 9.17) is 16.3 Å². The van der Waals surface area contributed by atoms with Crippen LogP contribution < -0.4 is 10.2 Å². The molecule has 8 heteroatoms. The molecule has 2 aromatic carbocycles. The Kier molecular flexibility index (Phi) is 6.84. The van der Waals surface area contributed by atoms with Crippen LogP contribution in [0.1, 0.15) is 22.3 Å². The van der Waals surface area contributed by atoms with E-state index in [2.05, 4.69) is 34.5 Å². The van der Waals surface area contributed by atoms with Crippen molar-refractivity contribution in [1.29, 1.82) is 0 Å². The molecule has 0 unspecified atom stereocenters. The number of carbonyl (C=O) groups excluding carboxylic acids is 1. The summed E-state index contributed by atoms with van der Waals surface area (Å²) in [6.07, 6.45) is 1.58. The molecule has 0 saturated carbocycles. The predicted octanol–water partition coefficient (Wildman–Crippen LogP) is 3.45. The van der Waals surface area contributed by atoms with Gasteiger partial charge in [0.25, 0.3) is 11.6 Å². The lowest BCUT2D eigenvalue weighted by Gasteiger charge is -2.28. The molecule has 1 N–H and O–H groups in total. The molecule has 0 aliphatic carbocycles. The maximum Gasteiger partial charge on any atom is 0.270 e. The molecule has 0 spiro atoms. The van der Waals surface area contributed by atoms with E-state index in [1.165, 1.54) is 29.4 Å². The minimum atomic E-state index is -0.548. The predicted molar refractivity (Wildman–Crippen MR) is 108 cm³/mol. The zero-order valence-corrected chi connectivity index (χ0v) is 16.2. The van der Waals surface area contributed by atoms with Crippen molar-refractivity contribution in [3.63, 3.8) is 0 Å². The molecule has 0 aromatic heterocycles. The molecular weight excluding hydrogens is 382 g/mol. The average Bonchev–Trinajstić information content (AvgIpc) is 2.72. The van der Waals surface area contributed by atoms with E-state index in [0.717, 1.165) is 39.1 Å². The number of carbonyl (C=O) groups is 1. The van der Waals surface area contributed by atoms with Crippen LogP contribution in [0.15, 0.2) is 42.5 Å². The highest BCUT2D eigenvalue weighted by atomic mass is 35.5. The number of nitrogens with zero attached hydrogens (tertiary/aromatic N) is 2. The molecule has 1 fully saturated rings. The van der Waals surface area contributed by atoms with Gasteiger partial charge in [0.05, 0.1) is 28.7 Å². The lowest BCUT2D eigenvalue weighted by Crippen LogP contribution is -2.36. The molecular formula is C20H22ClN3O4. The maximum absolute atomic E-state index is 12.2. The van der Waals surface area contributed by atoms with Gasteiger partial charge in [0.1, 0.15) is 0 Å². The van der Waals surface area contributed by atoms with Crippen LogP contribution in [0.3, 0.4) is 0 Å². The number of rotatable bonds is 7. The molecule has 28 heavy (non-hydrogen) atoms. The van der Waals surface area contributed by atoms with Gasteiger partial charge in [0.15, 0.2) is 0 Å². The number of aryl methyl sites for hydroxylation is 1. The summed E-state index contributed by atoms with van der Waals surface area (Å²) in [5.41, 5.74) is 2.35. The Morgan fingerprint density at radius 2 is 1.89 bits per heavy atom. The first kappa shape index (κ1) is 20.1. The van der Waals surface area contributed by atoms with Crippen LogP contribution in [0.2, 0.25) is 5.02 Å². The molecule has 148 valence electrons. The third-order valence-corrected chi connectivity index (χ3v) is 4.98. The number of hydrogen-bond acceptors (Lipinski definition) is 5. The number of morpholine rings is 1. The Labute approximate surface area is 168 Å². The van der Waals surface area contributed by atoms with Gasteiger partial charge in [0, 0.05) is 37.5 Å². The van der Waals surface area contributed by atoms with Crippen molar-refractivity contribution in [1.82, 2.24) is 5.32 Å². The molecule has 1 aliphatic heterocycles. The first-order valence-corrected chi connectivity index (χ1v) is 9.56. The molecule has 1 amide bonds. The van der Waals surface area contributed by atoms with E-state index in [-0.39, 0.29) is 16.3 Å². The number of nitrogens with one attached hydrogen (secondary N) is 1. The highest BCUT2D eigenvalue weighted by Crippen LogP contribution is 2.22. The first-order chi connectivity index (χ1) is 13.5. The van der Waals surface area contributed by atoms with Crippen molar-refractivity contribution >= 4 is 28.9 Å². The van der Waals surface area contributed by atoms with Gasteiger partial charge in [-0.3, -0.25) is 14.9 Å². The average molecular weight is 404 g/mol. The van der Waals surface area contributed by atoms with Gasteiger partial charge in [0.2, 0.25) is 0 Å². The summed E-state index contributed by atoms with van der Waals surface area (Å²) in [6, 6.07) is 12.3. The van der Waals surface area contributed by atoms with Crippen LogP contribution in [0.25, 0.3) is 0 Å². The van der Waals surface area contributed by atoms with Gasteiger partial charge in [-0.15, -0.1) is 0 Å². The van der Waals surface area contributed by atoms with Crippen LogP contribution in [-0.4, -0.2) is 43.7 Å².